The molecule has 0 bridgehead atoms. The Morgan fingerprint density at radius 1 is 1.37 bits per heavy atom. The van der Waals surface area contributed by atoms with Gasteiger partial charge in [0.1, 0.15) is 5.84 Å². The van der Waals surface area contributed by atoms with E-state index >= 15 is 0 Å². The molecule has 0 unspecified atom stereocenters. The lowest BCUT2D eigenvalue weighted by molar-refractivity contribution is -0.141. The van der Waals surface area contributed by atoms with Gasteiger partial charge in [-0.2, -0.15) is 0 Å². The van der Waals surface area contributed by atoms with E-state index < -0.39 is 0 Å². The van der Waals surface area contributed by atoms with Crippen LogP contribution in [0.5, 0.6) is 0 Å². The second-order valence-corrected chi connectivity index (χ2v) is 7.47. The predicted octanol–water partition coefficient (Wildman–Crippen LogP) is 2.53. The molecule has 2 heterocycles. The predicted molar refractivity (Wildman–Crippen MR) is 108 cm³/mol. The lowest BCUT2D eigenvalue weighted by Crippen LogP contribution is -2.40. The number of amidine groups is 1. The number of esters is 1. The van der Waals surface area contributed by atoms with Crippen LogP contribution in [0.2, 0.25) is 0 Å². The van der Waals surface area contributed by atoms with Crippen LogP contribution in [0.25, 0.3) is 11.3 Å². The average Bonchev–Trinajstić information content (AvgIpc) is 3.15. The molecule has 0 radical (unpaired) electrons. The fourth-order valence-corrected chi connectivity index (χ4v) is 3.92. The summed E-state index contributed by atoms with van der Waals surface area (Å²) in [5.74, 6) is -0.0815. The SMILES string of the molecule is COC(=O)CCN1CCC(Nc2nc(-c3ccc(C(=N)N)cc3)cs2)CC1. The first-order chi connectivity index (χ1) is 13.0. The molecule has 144 valence electrons. The maximum absolute atomic E-state index is 11.2. The maximum Gasteiger partial charge on any atom is 0.306 e. The number of nitrogens with one attached hydrogen (secondary N) is 2. The smallest absolute Gasteiger partial charge is 0.306 e. The van der Waals surface area contributed by atoms with E-state index in [4.69, 9.17) is 15.9 Å². The van der Waals surface area contributed by atoms with Crippen LogP contribution in [0.4, 0.5) is 5.13 Å². The fourth-order valence-electron chi connectivity index (χ4n) is 3.12. The number of methoxy groups -OCH3 is 1. The van der Waals surface area contributed by atoms with E-state index in [0.29, 0.717) is 18.0 Å². The third-order valence-corrected chi connectivity index (χ3v) is 5.54. The van der Waals surface area contributed by atoms with Gasteiger partial charge in [0.05, 0.1) is 19.2 Å². The van der Waals surface area contributed by atoms with Crippen molar-refractivity contribution in [1.29, 1.82) is 5.41 Å². The van der Waals surface area contributed by atoms with Crippen LogP contribution in [0.15, 0.2) is 29.6 Å². The van der Waals surface area contributed by atoms with Gasteiger partial charge in [0.25, 0.3) is 0 Å². The summed E-state index contributed by atoms with van der Waals surface area (Å²) in [6.45, 7) is 2.70. The third-order valence-electron chi connectivity index (χ3n) is 4.77. The Balaban J connectivity index is 1.50. The summed E-state index contributed by atoms with van der Waals surface area (Å²) in [5, 5.41) is 14.0. The van der Waals surface area contributed by atoms with Gasteiger partial charge < -0.3 is 20.7 Å². The summed E-state index contributed by atoms with van der Waals surface area (Å²) in [5.41, 5.74) is 8.15. The van der Waals surface area contributed by atoms with E-state index in [9.17, 15) is 4.79 Å². The van der Waals surface area contributed by atoms with Gasteiger partial charge in [-0.1, -0.05) is 24.3 Å². The Bertz CT molecular complexity index is 782. The molecule has 1 aliphatic heterocycles. The number of anilines is 1. The maximum atomic E-state index is 11.2. The van der Waals surface area contributed by atoms with Crippen LogP contribution in [0, 0.1) is 5.41 Å². The molecule has 27 heavy (non-hydrogen) atoms. The fraction of sp³-hybridized carbons (Fsp3) is 0.421. The highest BCUT2D eigenvalue weighted by molar-refractivity contribution is 7.14. The molecular formula is C19H25N5O2S. The molecule has 0 aliphatic carbocycles. The molecule has 0 saturated carbocycles. The molecule has 1 saturated heterocycles. The number of piperidine rings is 1. The number of nitrogens with two attached hydrogens (primary N) is 1. The van der Waals surface area contributed by atoms with Crippen molar-refractivity contribution in [2.75, 3.05) is 32.1 Å². The monoisotopic (exact) mass is 387 g/mol. The van der Waals surface area contributed by atoms with Crippen molar-refractivity contribution in [3.63, 3.8) is 0 Å². The number of carbonyl (C=O) groups excluding carboxylic acids is 1. The topological polar surface area (TPSA) is 104 Å². The van der Waals surface area contributed by atoms with Gasteiger partial charge in [0.2, 0.25) is 0 Å². The Morgan fingerprint density at radius 3 is 2.70 bits per heavy atom. The first kappa shape index (κ1) is 19.3. The first-order valence-corrected chi connectivity index (χ1v) is 9.89. The van der Waals surface area contributed by atoms with E-state index in [1.807, 2.05) is 29.6 Å². The van der Waals surface area contributed by atoms with Gasteiger partial charge in [-0.3, -0.25) is 10.2 Å². The minimum absolute atomic E-state index is 0.0695. The molecule has 0 spiro atoms. The number of hydrogen-bond acceptors (Lipinski definition) is 7. The molecule has 4 N–H and O–H groups in total. The second-order valence-electron chi connectivity index (χ2n) is 6.62. The third kappa shape index (κ3) is 5.27. The summed E-state index contributed by atoms with van der Waals surface area (Å²) in [6.07, 6.45) is 2.51. The van der Waals surface area contributed by atoms with Gasteiger partial charge in [0.15, 0.2) is 5.13 Å². The number of nitrogen functional groups attached to an aromatic ring is 1. The van der Waals surface area contributed by atoms with Gasteiger partial charge in [-0.25, -0.2) is 4.98 Å². The number of thiazole rings is 1. The minimum atomic E-state index is -0.151. The Morgan fingerprint density at radius 2 is 2.07 bits per heavy atom. The number of carbonyl (C=O) groups is 1. The number of rotatable bonds is 7. The van der Waals surface area contributed by atoms with Crippen LogP contribution in [0.1, 0.15) is 24.8 Å². The van der Waals surface area contributed by atoms with E-state index in [-0.39, 0.29) is 11.8 Å². The largest absolute Gasteiger partial charge is 0.469 e. The Kier molecular flexibility index (Phi) is 6.41. The van der Waals surface area contributed by atoms with Crippen molar-refractivity contribution in [3.05, 3.63) is 35.2 Å². The number of benzene rings is 1. The van der Waals surface area contributed by atoms with Gasteiger partial charge >= 0.3 is 5.97 Å². The molecule has 0 amide bonds. The quantitative estimate of drug-likeness (QED) is 0.383. The molecule has 0 atom stereocenters. The Labute approximate surface area is 163 Å². The lowest BCUT2D eigenvalue weighted by atomic mass is 10.1. The molecule has 7 nitrogen and oxygen atoms in total. The van der Waals surface area contributed by atoms with Crippen molar-refractivity contribution >= 4 is 28.3 Å². The van der Waals surface area contributed by atoms with Gasteiger partial charge in [-0.05, 0) is 12.8 Å². The standard InChI is InChI=1S/C19H25N5O2S/c1-26-17(25)8-11-24-9-6-15(7-10-24)22-19-23-16(12-27-19)13-2-4-14(5-3-13)18(20)21/h2-5,12,15H,6-11H2,1H3,(H3,20,21)(H,22,23). The van der Waals surface area contributed by atoms with E-state index in [0.717, 1.165) is 48.9 Å². The van der Waals surface area contributed by atoms with Crippen molar-refractivity contribution in [2.45, 2.75) is 25.3 Å². The number of hydrogen-bond donors (Lipinski definition) is 3. The van der Waals surface area contributed by atoms with Crippen molar-refractivity contribution in [2.24, 2.45) is 5.73 Å². The second kappa shape index (κ2) is 8.96. The van der Waals surface area contributed by atoms with Crippen LogP contribution in [-0.2, 0) is 9.53 Å². The zero-order valence-corrected chi connectivity index (χ0v) is 16.2. The first-order valence-electron chi connectivity index (χ1n) is 9.01. The Hall–Kier alpha value is -2.45. The van der Waals surface area contributed by atoms with Crippen LogP contribution in [-0.4, -0.2) is 54.5 Å². The molecule has 8 heteroatoms. The van der Waals surface area contributed by atoms with E-state index in [1.165, 1.54) is 7.11 Å². The molecular weight excluding hydrogens is 362 g/mol. The van der Waals surface area contributed by atoms with Gasteiger partial charge in [0, 0.05) is 42.2 Å². The summed E-state index contributed by atoms with van der Waals surface area (Å²) in [6, 6.07) is 7.96. The number of nitrogens with zero attached hydrogens (tertiary/aromatic N) is 2. The minimum Gasteiger partial charge on any atom is -0.469 e. The number of aromatic nitrogens is 1. The van der Waals surface area contributed by atoms with Crippen molar-refractivity contribution in [1.82, 2.24) is 9.88 Å². The molecule has 3 rings (SSSR count). The summed E-state index contributed by atoms with van der Waals surface area (Å²) in [7, 11) is 1.43. The van der Waals surface area contributed by atoms with Crippen LogP contribution >= 0.6 is 11.3 Å². The summed E-state index contributed by atoms with van der Waals surface area (Å²) >= 11 is 1.60. The number of ether oxygens (including phenoxy) is 1. The molecule has 1 aromatic carbocycles. The molecule has 1 fully saturated rings. The normalized spacial score (nSPS) is 15.4. The van der Waals surface area contributed by atoms with Crippen LogP contribution in [0.3, 0.4) is 0 Å². The van der Waals surface area contributed by atoms with E-state index in [1.54, 1.807) is 11.3 Å². The van der Waals surface area contributed by atoms with Crippen molar-refractivity contribution < 1.29 is 9.53 Å². The van der Waals surface area contributed by atoms with Crippen molar-refractivity contribution in [3.8, 4) is 11.3 Å². The van der Waals surface area contributed by atoms with Crippen LogP contribution < -0.4 is 11.1 Å². The zero-order chi connectivity index (χ0) is 19.2. The summed E-state index contributed by atoms with van der Waals surface area (Å²) in [4.78, 5) is 18.2. The summed E-state index contributed by atoms with van der Waals surface area (Å²) < 4.78 is 4.70. The highest BCUT2D eigenvalue weighted by Crippen LogP contribution is 2.27. The number of likely N-dealkylation sites (tertiary alicyclic amines) is 1. The molecule has 1 aliphatic rings. The molecule has 1 aromatic heterocycles. The molecule has 2 aromatic rings. The highest BCUT2D eigenvalue weighted by Gasteiger charge is 2.20. The average molecular weight is 388 g/mol. The van der Waals surface area contributed by atoms with E-state index in [2.05, 4.69) is 15.2 Å². The zero-order valence-electron chi connectivity index (χ0n) is 15.4. The lowest BCUT2D eigenvalue weighted by Gasteiger charge is -2.31. The highest BCUT2D eigenvalue weighted by atomic mass is 32.1. The van der Waals surface area contributed by atoms with Gasteiger partial charge in [-0.15, -0.1) is 11.3 Å².